The molecule has 0 saturated carbocycles. The standard InChI is InChI=1S/C23H27FN2O6S/c1-16(22(27)25-15-18-8-4-5-9-20(18)31-2)32-23(28)17-10-11-19(24)21(14-17)33(29,30)26-12-6-3-7-13-26/h4-5,8-11,14,16H,3,6-7,12-13,15H2,1-2H3,(H,25,27). The Morgan fingerprint density at radius 1 is 1.12 bits per heavy atom. The first-order valence-corrected chi connectivity index (χ1v) is 12.1. The Hall–Kier alpha value is -2.98. The molecule has 1 N–H and O–H groups in total. The molecule has 10 heteroatoms. The van der Waals surface area contributed by atoms with Gasteiger partial charge in [0.15, 0.2) is 6.10 Å². The number of sulfonamides is 1. The summed E-state index contributed by atoms with van der Waals surface area (Å²) in [6, 6.07) is 10.2. The highest BCUT2D eigenvalue weighted by Gasteiger charge is 2.30. The van der Waals surface area contributed by atoms with Gasteiger partial charge >= 0.3 is 5.97 Å². The van der Waals surface area contributed by atoms with Crippen LogP contribution in [0, 0.1) is 5.82 Å². The van der Waals surface area contributed by atoms with Crippen LogP contribution in [0.1, 0.15) is 42.1 Å². The van der Waals surface area contributed by atoms with Crippen molar-refractivity contribution in [3.05, 3.63) is 59.4 Å². The van der Waals surface area contributed by atoms with Crippen molar-refractivity contribution in [3.8, 4) is 5.75 Å². The Morgan fingerprint density at radius 3 is 2.52 bits per heavy atom. The van der Waals surface area contributed by atoms with Crippen molar-refractivity contribution in [2.75, 3.05) is 20.2 Å². The number of piperidine rings is 1. The monoisotopic (exact) mass is 478 g/mol. The quantitative estimate of drug-likeness (QED) is 0.586. The smallest absolute Gasteiger partial charge is 0.338 e. The van der Waals surface area contributed by atoms with E-state index in [1.807, 2.05) is 0 Å². The molecule has 1 fully saturated rings. The fourth-order valence-electron chi connectivity index (χ4n) is 3.53. The maximum absolute atomic E-state index is 14.4. The van der Waals surface area contributed by atoms with Crippen LogP contribution in [0.2, 0.25) is 0 Å². The molecule has 1 saturated heterocycles. The molecule has 8 nitrogen and oxygen atoms in total. The number of esters is 1. The summed E-state index contributed by atoms with van der Waals surface area (Å²) in [7, 11) is -2.56. The van der Waals surface area contributed by atoms with Gasteiger partial charge < -0.3 is 14.8 Å². The van der Waals surface area contributed by atoms with E-state index < -0.39 is 38.7 Å². The van der Waals surface area contributed by atoms with Crippen LogP contribution in [-0.2, 0) is 26.1 Å². The fraction of sp³-hybridized carbons (Fsp3) is 0.391. The average molecular weight is 479 g/mol. The topological polar surface area (TPSA) is 102 Å². The van der Waals surface area contributed by atoms with Crippen LogP contribution in [0.3, 0.4) is 0 Å². The Balaban J connectivity index is 1.67. The zero-order valence-electron chi connectivity index (χ0n) is 18.5. The van der Waals surface area contributed by atoms with Crippen molar-refractivity contribution < 1.29 is 31.9 Å². The Bertz CT molecular complexity index is 1120. The van der Waals surface area contributed by atoms with E-state index in [4.69, 9.17) is 9.47 Å². The molecule has 1 unspecified atom stereocenters. The number of amides is 1. The van der Waals surface area contributed by atoms with E-state index in [2.05, 4.69) is 5.32 Å². The maximum atomic E-state index is 14.4. The van der Waals surface area contributed by atoms with E-state index >= 15 is 0 Å². The van der Waals surface area contributed by atoms with Gasteiger partial charge in [0.2, 0.25) is 10.0 Å². The Kier molecular flexibility index (Phi) is 8.04. The molecular weight excluding hydrogens is 451 g/mol. The predicted molar refractivity (Wildman–Crippen MR) is 119 cm³/mol. The number of halogens is 1. The van der Waals surface area contributed by atoms with E-state index in [1.54, 1.807) is 24.3 Å². The van der Waals surface area contributed by atoms with Crippen LogP contribution in [0.15, 0.2) is 47.4 Å². The van der Waals surface area contributed by atoms with Crippen molar-refractivity contribution in [1.29, 1.82) is 0 Å². The lowest BCUT2D eigenvalue weighted by molar-refractivity contribution is -0.129. The third kappa shape index (κ3) is 5.88. The van der Waals surface area contributed by atoms with Crippen LogP contribution in [-0.4, -0.2) is 50.9 Å². The lowest BCUT2D eigenvalue weighted by Crippen LogP contribution is -2.36. The highest BCUT2D eigenvalue weighted by Crippen LogP contribution is 2.24. The molecule has 1 amide bonds. The number of nitrogens with one attached hydrogen (secondary N) is 1. The first-order valence-electron chi connectivity index (χ1n) is 10.6. The van der Waals surface area contributed by atoms with Gasteiger partial charge in [-0.05, 0) is 44.0 Å². The van der Waals surface area contributed by atoms with Gasteiger partial charge in [0.1, 0.15) is 16.5 Å². The van der Waals surface area contributed by atoms with Gasteiger partial charge in [-0.15, -0.1) is 0 Å². The molecule has 0 aliphatic carbocycles. The molecule has 0 spiro atoms. The molecule has 2 aromatic rings. The minimum atomic E-state index is -4.08. The van der Waals surface area contributed by atoms with Gasteiger partial charge in [-0.2, -0.15) is 4.31 Å². The number of ether oxygens (including phenoxy) is 2. The number of para-hydroxylation sites is 1. The second-order valence-corrected chi connectivity index (χ2v) is 9.59. The molecule has 3 rings (SSSR count). The number of rotatable bonds is 8. The molecule has 0 bridgehead atoms. The Labute approximate surface area is 192 Å². The van der Waals surface area contributed by atoms with E-state index in [-0.39, 0.29) is 12.1 Å². The summed E-state index contributed by atoms with van der Waals surface area (Å²) >= 11 is 0. The summed E-state index contributed by atoms with van der Waals surface area (Å²) in [5.74, 6) is -1.81. The number of carbonyl (C=O) groups excluding carboxylic acids is 2. The second-order valence-electron chi connectivity index (χ2n) is 7.69. The van der Waals surface area contributed by atoms with Crippen molar-refractivity contribution >= 4 is 21.9 Å². The number of methoxy groups -OCH3 is 1. The van der Waals surface area contributed by atoms with E-state index in [9.17, 15) is 22.4 Å². The van der Waals surface area contributed by atoms with Gasteiger partial charge in [0.05, 0.1) is 12.7 Å². The molecule has 1 atom stereocenters. The summed E-state index contributed by atoms with van der Waals surface area (Å²) in [5.41, 5.74) is 0.592. The zero-order chi connectivity index (χ0) is 24.0. The van der Waals surface area contributed by atoms with Crippen LogP contribution in [0.25, 0.3) is 0 Å². The number of benzene rings is 2. The van der Waals surface area contributed by atoms with Crippen molar-refractivity contribution in [1.82, 2.24) is 9.62 Å². The normalized spacial score (nSPS) is 15.5. The van der Waals surface area contributed by atoms with Crippen molar-refractivity contribution in [2.24, 2.45) is 0 Å². The highest BCUT2D eigenvalue weighted by molar-refractivity contribution is 7.89. The number of carbonyl (C=O) groups is 2. The molecule has 0 radical (unpaired) electrons. The van der Waals surface area contributed by atoms with Crippen molar-refractivity contribution in [2.45, 2.75) is 43.7 Å². The number of hydrogen-bond donors (Lipinski definition) is 1. The van der Waals surface area contributed by atoms with Gasteiger partial charge in [0.25, 0.3) is 5.91 Å². The summed E-state index contributed by atoms with van der Waals surface area (Å²) < 4.78 is 51.7. The summed E-state index contributed by atoms with van der Waals surface area (Å²) in [4.78, 5) is 24.3. The molecular formula is C23H27FN2O6S. The number of nitrogens with zero attached hydrogens (tertiary/aromatic N) is 1. The molecule has 1 heterocycles. The van der Waals surface area contributed by atoms with E-state index in [0.717, 1.165) is 30.2 Å². The van der Waals surface area contributed by atoms with Crippen LogP contribution < -0.4 is 10.1 Å². The molecule has 1 aliphatic heterocycles. The van der Waals surface area contributed by atoms with Gasteiger partial charge in [-0.1, -0.05) is 24.6 Å². The van der Waals surface area contributed by atoms with E-state index in [0.29, 0.717) is 31.7 Å². The first kappa shape index (κ1) is 24.7. The molecule has 33 heavy (non-hydrogen) atoms. The zero-order valence-corrected chi connectivity index (χ0v) is 19.4. The van der Waals surface area contributed by atoms with Crippen LogP contribution >= 0.6 is 0 Å². The predicted octanol–water partition coefficient (Wildman–Crippen LogP) is 2.87. The highest BCUT2D eigenvalue weighted by atomic mass is 32.2. The summed E-state index contributed by atoms with van der Waals surface area (Å²) in [6.07, 6.45) is 1.16. The molecule has 178 valence electrons. The third-order valence-corrected chi connectivity index (χ3v) is 7.31. The minimum absolute atomic E-state index is 0.156. The first-order chi connectivity index (χ1) is 15.7. The van der Waals surface area contributed by atoms with Crippen LogP contribution in [0.5, 0.6) is 5.75 Å². The number of hydrogen-bond acceptors (Lipinski definition) is 6. The Morgan fingerprint density at radius 2 is 1.82 bits per heavy atom. The van der Waals surface area contributed by atoms with Crippen molar-refractivity contribution in [3.63, 3.8) is 0 Å². The summed E-state index contributed by atoms with van der Waals surface area (Å²) in [5, 5.41) is 2.66. The SMILES string of the molecule is COc1ccccc1CNC(=O)C(C)OC(=O)c1ccc(F)c(S(=O)(=O)N2CCCCC2)c1. The largest absolute Gasteiger partial charge is 0.496 e. The second kappa shape index (κ2) is 10.8. The van der Waals surface area contributed by atoms with E-state index in [1.165, 1.54) is 18.3 Å². The molecule has 2 aromatic carbocycles. The van der Waals surface area contributed by atoms with Gasteiger partial charge in [0, 0.05) is 25.2 Å². The maximum Gasteiger partial charge on any atom is 0.338 e. The lowest BCUT2D eigenvalue weighted by atomic mass is 10.2. The minimum Gasteiger partial charge on any atom is -0.496 e. The lowest BCUT2D eigenvalue weighted by Gasteiger charge is -2.26. The third-order valence-electron chi connectivity index (χ3n) is 5.40. The van der Waals surface area contributed by atoms with Gasteiger partial charge in [-0.25, -0.2) is 17.6 Å². The van der Waals surface area contributed by atoms with Crippen LogP contribution in [0.4, 0.5) is 4.39 Å². The summed E-state index contributed by atoms with van der Waals surface area (Å²) in [6.45, 7) is 2.17. The van der Waals surface area contributed by atoms with Gasteiger partial charge in [-0.3, -0.25) is 4.79 Å². The molecule has 0 aromatic heterocycles. The molecule has 1 aliphatic rings. The fourth-order valence-corrected chi connectivity index (χ4v) is 5.14. The average Bonchev–Trinajstić information content (AvgIpc) is 2.83.